The molecular weight excluding hydrogens is 352 g/mol. The summed E-state index contributed by atoms with van der Waals surface area (Å²) < 4.78 is 26.3. The first-order valence-electron chi connectivity index (χ1n) is 7.15. The fraction of sp³-hybridized carbons (Fsp3) is 0.133. The summed E-state index contributed by atoms with van der Waals surface area (Å²) in [6, 6.07) is 5.14. The molecule has 10 heteroatoms. The lowest BCUT2D eigenvalue weighted by molar-refractivity contribution is 0.0365. The number of carbonyl (C=O) groups excluding carboxylic acids is 1. The molecule has 9 nitrogen and oxygen atoms in total. The molecule has 2 aliphatic heterocycles. The van der Waals surface area contributed by atoms with Gasteiger partial charge in [-0.25, -0.2) is 8.42 Å². The predicted molar refractivity (Wildman–Crippen MR) is 82.1 cm³/mol. The Hall–Kier alpha value is -2.98. The van der Waals surface area contributed by atoms with E-state index in [4.69, 9.17) is 0 Å². The molecular formula is C15H12N2O7S. The van der Waals surface area contributed by atoms with Crippen molar-refractivity contribution in [1.29, 1.82) is 0 Å². The lowest BCUT2D eigenvalue weighted by atomic mass is 10.1. The molecule has 0 saturated heterocycles. The summed E-state index contributed by atoms with van der Waals surface area (Å²) in [5, 5.41) is 39.8. The number of rotatable bonds is 1. The number of carbonyl (C=O) groups is 1. The summed E-state index contributed by atoms with van der Waals surface area (Å²) in [5.74, 6) is -3.24. The van der Waals surface area contributed by atoms with Crippen LogP contribution in [-0.4, -0.2) is 44.2 Å². The zero-order valence-electron chi connectivity index (χ0n) is 12.5. The minimum Gasteiger partial charge on any atom is -0.504 e. The molecule has 4 rings (SSSR count). The zero-order valence-corrected chi connectivity index (χ0v) is 13.4. The Morgan fingerprint density at radius 1 is 0.840 bits per heavy atom. The van der Waals surface area contributed by atoms with Crippen molar-refractivity contribution < 1.29 is 33.6 Å². The minimum atomic E-state index is -4.27. The number of hydrogen-bond donors (Lipinski definition) is 4. The van der Waals surface area contributed by atoms with Crippen molar-refractivity contribution in [3.8, 4) is 23.0 Å². The molecule has 0 atom stereocenters. The third kappa shape index (κ3) is 1.91. The number of fused-ring (bicyclic) bond motifs is 2. The smallest absolute Gasteiger partial charge is 0.273 e. The topological polar surface area (TPSA) is 139 Å². The van der Waals surface area contributed by atoms with E-state index in [1.807, 2.05) is 0 Å². The number of aromatic hydroxyl groups is 4. The van der Waals surface area contributed by atoms with Gasteiger partial charge >= 0.3 is 0 Å². The van der Waals surface area contributed by atoms with Gasteiger partial charge in [0.15, 0.2) is 23.0 Å². The molecule has 0 spiro atoms. The Kier molecular flexibility index (Phi) is 2.97. The number of hydrazine groups is 1. The van der Waals surface area contributed by atoms with Gasteiger partial charge in [0.25, 0.3) is 15.9 Å². The number of sulfonamides is 1. The molecule has 0 fully saturated rings. The zero-order chi connectivity index (χ0) is 18.1. The third-order valence-corrected chi connectivity index (χ3v) is 6.17. The van der Waals surface area contributed by atoms with E-state index in [1.165, 1.54) is 18.2 Å². The molecule has 0 aliphatic carbocycles. The van der Waals surface area contributed by atoms with Crippen molar-refractivity contribution in [3.63, 3.8) is 0 Å². The molecule has 0 aromatic heterocycles. The average molecular weight is 364 g/mol. The number of benzene rings is 2. The first-order chi connectivity index (χ1) is 11.7. The molecule has 4 N–H and O–H groups in total. The Bertz CT molecular complexity index is 1050. The standard InChI is InChI=1S/C15H12N2O7S/c18-9-3-1-7-5-16(15(22)11(7)12(9)20)17-6-8-2-4-10(19)13(21)14(8)25(17,23)24/h1-4,18-21H,5-6H2. The summed E-state index contributed by atoms with van der Waals surface area (Å²) in [6.07, 6.45) is 0. The number of phenolic OH excluding ortho intramolecular Hbond substituents is 4. The van der Waals surface area contributed by atoms with Crippen molar-refractivity contribution in [2.75, 3.05) is 0 Å². The maximum atomic E-state index is 12.7. The van der Waals surface area contributed by atoms with Crippen LogP contribution in [0.3, 0.4) is 0 Å². The van der Waals surface area contributed by atoms with Gasteiger partial charge in [-0.15, -0.1) is 4.41 Å². The van der Waals surface area contributed by atoms with Gasteiger partial charge in [0.2, 0.25) is 0 Å². The predicted octanol–water partition coefficient (Wildman–Crippen LogP) is 0.584. The van der Waals surface area contributed by atoms with Crippen LogP contribution in [0.25, 0.3) is 0 Å². The molecule has 0 saturated carbocycles. The van der Waals surface area contributed by atoms with Gasteiger partial charge in [-0.1, -0.05) is 12.1 Å². The van der Waals surface area contributed by atoms with E-state index in [0.717, 1.165) is 15.5 Å². The normalized spacial score (nSPS) is 18.4. The van der Waals surface area contributed by atoms with E-state index in [2.05, 4.69) is 0 Å². The highest BCUT2D eigenvalue weighted by Gasteiger charge is 2.46. The second-order valence-electron chi connectivity index (χ2n) is 5.74. The van der Waals surface area contributed by atoms with Crippen molar-refractivity contribution in [3.05, 3.63) is 41.0 Å². The van der Waals surface area contributed by atoms with E-state index in [-0.39, 0.29) is 24.2 Å². The highest BCUT2D eigenvalue weighted by molar-refractivity contribution is 7.89. The van der Waals surface area contributed by atoms with E-state index in [1.54, 1.807) is 0 Å². The lowest BCUT2D eigenvalue weighted by Gasteiger charge is -2.25. The van der Waals surface area contributed by atoms with Crippen molar-refractivity contribution >= 4 is 15.9 Å². The van der Waals surface area contributed by atoms with E-state index < -0.39 is 43.8 Å². The quantitative estimate of drug-likeness (QED) is 0.543. The van der Waals surface area contributed by atoms with E-state index in [0.29, 0.717) is 5.56 Å². The number of amides is 1. The van der Waals surface area contributed by atoms with Crippen LogP contribution in [-0.2, 0) is 23.1 Å². The maximum Gasteiger partial charge on any atom is 0.273 e. The number of nitrogens with zero attached hydrogens (tertiary/aromatic N) is 2. The number of phenols is 4. The Morgan fingerprint density at radius 3 is 2.12 bits per heavy atom. The molecule has 2 aliphatic rings. The molecule has 0 bridgehead atoms. The van der Waals surface area contributed by atoms with Crippen molar-refractivity contribution in [1.82, 2.24) is 9.42 Å². The lowest BCUT2D eigenvalue weighted by Crippen LogP contribution is -2.42. The first kappa shape index (κ1) is 15.5. The monoisotopic (exact) mass is 364 g/mol. The van der Waals surface area contributed by atoms with Gasteiger partial charge < -0.3 is 20.4 Å². The average Bonchev–Trinajstić information content (AvgIpc) is 3.02. The summed E-state index contributed by atoms with van der Waals surface area (Å²) in [4.78, 5) is 12.1. The summed E-state index contributed by atoms with van der Waals surface area (Å²) in [6.45, 7) is -0.333. The third-order valence-electron chi connectivity index (χ3n) is 4.31. The molecule has 2 aromatic carbocycles. The van der Waals surface area contributed by atoms with Crippen LogP contribution in [0.4, 0.5) is 0 Å². The largest absolute Gasteiger partial charge is 0.504 e. The van der Waals surface area contributed by atoms with Gasteiger partial charge in [0.1, 0.15) is 4.90 Å². The Balaban J connectivity index is 1.80. The van der Waals surface area contributed by atoms with Gasteiger partial charge in [0.05, 0.1) is 18.7 Å². The second-order valence-corrected chi connectivity index (χ2v) is 7.52. The van der Waals surface area contributed by atoms with Crippen LogP contribution < -0.4 is 0 Å². The second kappa shape index (κ2) is 4.77. The molecule has 130 valence electrons. The van der Waals surface area contributed by atoms with Crippen LogP contribution in [0.5, 0.6) is 23.0 Å². The Labute approximate surface area is 141 Å². The molecule has 2 aromatic rings. The van der Waals surface area contributed by atoms with E-state index >= 15 is 0 Å². The molecule has 0 unspecified atom stereocenters. The molecule has 2 heterocycles. The van der Waals surface area contributed by atoms with Crippen molar-refractivity contribution in [2.45, 2.75) is 18.0 Å². The molecule has 1 amide bonds. The molecule has 25 heavy (non-hydrogen) atoms. The van der Waals surface area contributed by atoms with Gasteiger partial charge in [-0.2, -0.15) is 0 Å². The first-order valence-corrected chi connectivity index (χ1v) is 8.59. The highest BCUT2D eigenvalue weighted by Crippen LogP contribution is 2.45. The van der Waals surface area contributed by atoms with Gasteiger partial charge in [-0.3, -0.25) is 9.80 Å². The van der Waals surface area contributed by atoms with Crippen LogP contribution in [0.15, 0.2) is 29.2 Å². The van der Waals surface area contributed by atoms with E-state index in [9.17, 15) is 33.6 Å². The minimum absolute atomic E-state index is 0.123. The fourth-order valence-corrected chi connectivity index (χ4v) is 4.82. The molecule has 0 radical (unpaired) electrons. The van der Waals surface area contributed by atoms with Crippen LogP contribution in [0.1, 0.15) is 21.5 Å². The summed E-state index contributed by atoms with van der Waals surface area (Å²) >= 11 is 0. The fourth-order valence-electron chi connectivity index (χ4n) is 3.10. The highest BCUT2D eigenvalue weighted by atomic mass is 32.2. The van der Waals surface area contributed by atoms with Crippen LogP contribution in [0.2, 0.25) is 0 Å². The SMILES string of the molecule is O=C1c2c(ccc(O)c2O)CN1N1Cc2ccc(O)c(O)c2S1(=O)=O. The van der Waals surface area contributed by atoms with Gasteiger partial charge in [0, 0.05) is 0 Å². The summed E-state index contributed by atoms with van der Waals surface area (Å²) in [5.41, 5.74) is 0.419. The Morgan fingerprint density at radius 2 is 1.44 bits per heavy atom. The summed E-state index contributed by atoms with van der Waals surface area (Å²) in [7, 11) is -4.27. The maximum absolute atomic E-state index is 12.7. The van der Waals surface area contributed by atoms with Gasteiger partial charge in [-0.05, 0) is 23.3 Å². The van der Waals surface area contributed by atoms with Crippen LogP contribution >= 0.6 is 0 Å². The van der Waals surface area contributed by atoms with Crippen molar-refractivity contribution in [2.24, 2.45) is 0 Å². The number of hydrogen-bond acceptors (Lipinski definition) is 7. The van der Waals surface area contributed by atoms with Crippen LogP contribution in [0, 0.1) is 0 Å².